The maximum Gasteiger partial charge on any atom is 0.232 e. The lowest BCUT2D eigenvalue weighted by Gasteiger charge is -2.03. The van der Waals surface area contributed by atoms with E-state index >= 15 is 0 Å². The number of anilines is 1. The standard InChI is InChI=1S/C20H19N3O2/c1-2-24-17-10-8-16(9-11-17)19-23-18(14-21)20(25-19)22-13-12-15-6-4-3-5-7-15/h3-11,22H,2,12-13H2,1H3. The van der Waals surface area contributed by atoms with E-state index < -0.39 is 0 Å². The maximum absolute atomic E-state index is 9.28. The minimum absolute atomic E-state index is 0.261. The molecule has 1 heterocycles. The van der Waals surface area contributed by atoms with Crippen molar-refractivity contribution in [2.75, 3.05) is 18.5 Å². The fourth-order valence-electron chi connectivity index (χ4n) is 2.46. The van der Waals surface area contributed by atoms with Gasteiger partial charge >= 0.3 is 0 Å². The highest BCUT2D eigenvalue weighted by Gasteiger charge is 2.14. The van der Waals surface area contributed by atoms with Gasteiger partial charge in [-0.25, -0.2) is 0 Å². The Morgan fingerprint density at radius 2 is 1.88 bits per heavy atom. The molecule has 0 atom stereocenters. The third kappa shape index (κ3) is 4.18. The summed E-state index contributed by atoms with van der Waals surface area (Å²) < 4.78 is 11.2. The third-order valence-electron chi connectivity index (χ3n) is 3.69. The molecular weight excluding hydrogens is 314 g/mol. The number of hydrogen-bond donors (Lipinski definition) is 1. The van der Waals surface area contributed by atoms with E-state index in [-0.39, 0.29) is 5.69 Å². The first-order valence-corrected chi connectivity index (χ1v) is 8.22. The predicted molar refractivity (Wildman–Crippen MR) is 96.5 cm³/mol. The zero-order chi connectivity index (χ0) is 17.5. The average Bonchev–Trinajstić information content (AvgIpc) is 3.07. The summed E-state index contributed by atoms with van der Waals surface area (Å²) >= 11 is 0. The minimum Gasteiger partial charge on any atom is -0.494 e. The SMILES string of the molecule is CCOc1ccc(-c2nc(C#N)c(NCCc3ccccc3)o2)cc1. The average molecular weight is 333 g/mol. The zero-order valence-electron chi connectivity index (χ0n) is 14.0. The van der Waals surface area contributed by atoms with Crippen molar-refractivity contribution >= 4 is 5.88 Å². The highest BCUT2D eigenvalue weighted by molar-refractivity contribution is 5.59. The largest absolute Gasteiger partial charge is 0.494 e. The van der Waals surface area contributed by atoms with E-state index in [2.05, 4.69) is 28.5 Å². The van der Waals surface area contributed by atoms with Gasteiger partial charge in [-0.05, 0) is 43.2 Å². The summed E-state index contributed by atoms with van der Waals surface area (Å²) in [6.45, 7) is 3.22. The molecule has 0 aliphatic carbocycles. The van der Waals surface area contributed by atoms with Gasteiger partial charge in [0.1, 0.15) is 11.8 Å². The van der Waals surface area contributed by atoms with Gasteiger partial charge in [0.05, 0.1) is 6.61 Å². The van der Waals surface area contributed by atoms with Gasteiger partial charge in [0.15, 0.2) is 0 Å². The summed E-state index contributed by atoms with van der Waals surface area (Å²) in [5.41, 5.74) is 2.28. The lowest BCUT2D eigenvalue weighted by atomic mass is 10.1. The Kier molecular flexibility index (Phi) is 5.32. The molecule has 25 heavy (non-hydrogen) atoms. The molecule has 0 amide bonds. The molecule has 0 saturated carbocycles. The lowest BCUT2D eigenvalue weighted by Crippen LogP contribution is -2.05. The van der Waals surface area contributed by atoms with Crippen molar-refractivity contribution in [3.63, 3.8) is 0 Å². The maximum atomic E-state index is 9.28. The van der Waals surface area contributed by atoms with E-state index in [1.807, 2.05) is 49.4 Å². The molecule has 0 spiro atoms. The molecule has 2 aromatic carbocycles. The van der Waals surface area contributed by atoms with Gasteiger partial charge in [-0.3, -0.25) is 0 Å². The molecule has 0 bridgehead atoms. The number of rotatable bonds is 7. The molecular formula is C20H19N3O2. The Morgan fingerprint density at radius 1 is 1.12 bits per heavy atom. The molecule has 5 heteroatoms. The summed E-state index contributed by atoms with van der Waals surface area (Å²) in [4.78, 5) is 4.27. The van der Waals surface area contributed by atoms with Crippen LogP contribution in [0.3, 0.4) is 0 Å². The predicted octanol–water partition coefficient (Wildman–Crippen LogP) is 4.27. The molecule has 5 nitrogen and oxygen atoms in total. The third-order valence-corrected chi connectivity index (χ3v) is 3.69. The van der Waals surface area contributed by atoms with Crippen LogP contribution < -0.4 is 10.1 Å². The molecule has 0 unspecified atom stereocenters. The van der Waals surface area contributed by atoms with Crippen LogP contribution in [0.4, 0.5) is 5.88 Å². The Balaban J connectivity index is 1.69. The van der Waals surface area contributed by atoms with Crippen LogP contribution in [0.5, 0.6) is 5.75 Å². The summed E-state index contributed by atoms with van der Waals surface area (Å²) in [6.07, 6.45) is 0.838. The van der Waals surface area contributed by atoms with Gasteiger partial charge < -0.3 is 14.5 Å². The van der Waals surface area contributed by atoms with Gasteiger partial charge in [-0.2, -0.15) is 10.2 Å². The second kappa shape index (κ2) is 8.02. The first-order chi connectivity index (χ1) is 12.3. The van der Waals surface area contributed by atoms with Crippen molar-refractivity contribution in [1.29, 1.82) is 5.26 Å². The second-order valence-corrected chi connectivity index (χ2v) is 5.43. The molecule has 0 radical (unpaired) electrons. The molecule has 1 N–H and O–H groups in total. The molecule has 3 aromatic rings. The van der Waals surface area contributed by atoms with Gasteiger partial charge in [0, 0.05) is 12.1 Å². The van der Waals surface area contributed by atoms with E-state index in [0.717, 1.165) is 17.7 Å². The highest BCUT2D eigenvalue weighted by Crippen LogP contribution is 2.26. The quantitative estimate of drug-likeness (QED) is 0.699. The fourth-order valence-corrected chi connectivity index (χ4v) is 2.46. The number of nitrogens with one attached hydrogen (secondary N) is 1. The van der Waals surface area contributed by atoms with E-state index in [4.69, 9.17) is 9.15 Å². The van der Waals surface area contributed by atoms with Crippen LogP contribution in [0.25, 0.3) is 11.5 Å². The number of aromatic nitrogens is 1. The Hall–Kier alpha value is -3.26. The molecule has 3 rings (SSSR count). The summed E-state index contributed by atoms with van der Waals surface area (Å²) in [6, 6.07) is 19.7. The lowest BCUT2D eigenvalue weighted by molar-refractivity contribution is 0.340. The van der Waals surface area contributed by atoms with Crippen LogP contribution in [0.15, 0.2) is 59.0 Å². The van der Waals surface area contributed by atoms with E-state index in [1.165, 1.54) is 5.56 Å². The van der Waals surface area contributed by atoms with Crippen LogP contribution >= 0.6 is 0 Å². The molecule has 1 aromatic heterocycles. The molecule has 0 fully saturated rings. The summed E-state index contributed by atoms with van der Waals surface area (Å²) in [5.74, 6) is 1.61. The summed E-state index contributed by atoms with van der Waals surface area (Å²) in [7, 11) is 0. The second-order valence-electron chi connectivity index (χ2n) is 5.43. The number of nitriles is 1. The molecule has 0 saturated heterocycles. The van der Waals surface area contributed by atoms with Gasteiger partial charge in [-0.15, -0.1) is 0 Å². The van der Waals surface area contributed by atoms with E-state index in [9.17, 15) is 5.26 Å². The monoisotopic (exact) mass is 333 g/mol. The normalized spacial score (nSPS) is 10.2. The number of hydrogen-bond acceptors (Lipinski definition) is 5. The van der Waals surface area contributed by atoms with Crippen molar-refractivity contribution < 1.29 is 9.15 Å². The van der Waals surface area contributed by atoms with E-state index in [1.54, 1.807) is 0 Å². The molecule has 0 aliphatic rings. The van der Waals surface area contributed by atoms with Crippen LogP contribution in [0.1, 0.15) is 18.2 Å². The minimum atomic E-state index is 0.261. The van der Waals surface area contributed by atoms with Crippen LogP contribution in [0, 0.1) is 11.3 Å². The van der Waals surface area contributed by atoms with E-state index in [0.29, 0.717) is 24.9 Å². The molecule has 126 valence electrons. The number of oxazole rings is 1. The van der Waals surface area contributed by atoms with Gasteiger partial charge in [0.2, 0.25) is 17.5 Å². The number of nitrogens with zero attached hydrogens (tertiary/aromatic N) is 2. The topological polar surface area (TPSA) is 71.1 Å². The van der Waals surface area contributed by atoms with Crippen LogP contribution in [0.2, 0.25) is 0 Å². The smallest absolute Gasteiger partial charge is 0.232 e. The van der Waals surface area contributed by atoms with Gasteiger partial charge in [-0.1, -0.05) is 30.3 Å². The van der Waals surface area contributed by atoms with Crippen molar-refractivity contribution in [3.05, 3.63) is 65.9 Å². The first-order valence-electron chi connectivity index (χ1n) is 8.22. The van der Waals surface area contributed by atoms with Crippen molar-refractivity contribution in [2.45, 2.75) is 13.3 Å². The van der Waals surface area contributed by atoms with Crippen molar-refractivity contribution in [3.8, 4) is 23.3 Å². The molecule has 0 aliphatic heterocycles. The van der Waals surface area contributed by atoms with Crippen molar-refractivity contribution in [1.82, 2.24) is 4.98 Å². The van der Waals surface area contributed by atoms with Crippen LogP contribution in [-0.2, 0) is 6.42 Å². The Labute approximate surface area is 146 Å². The zero-order valence-corrected chi connectivity index (χ0v) is 14.0. The van der Waals surface area contributed by atoms with Crippen LogP contribution in [-0.4, -0.2) is 18.1 Å². The first kappa shape index (κ1) is 16.6. The highest BCUT2D eigenvalue weighted by atomic mass is 16.5. The summed E-state index contributed by atoms with van der Waals surface area (Å²) in [5, 5.41) is 12.4. The van der Waals surface area contributed by atoms with Crippen molar-refractivity contribution in [2.24, 2.45) is 0 Å². The fraction of sp³-hybridized carbons (Fsp3) is 0.200. The van der Waals surface area contributed by atoms with Gasteiger partial charge in [0.25, 0.3) is 0 Å². The number of benzene rings is 2. The Bertz CT molecular complexity index is 849. The number of ether oxygens (including phenoxy) is 1. The Morgan fingerprint density at radius 3 is 2.56 bits per heavy atom.